The van der Waals surface area contributed by atoms with Crippen molar-refractivity contribution in [3.63, 3.8) is 0 Å². The highest BCUT2D eigenvalue weighted by molar-refractivity contribution is 5.92. The zero-order valence-electron chi connectivity index (χ0n) is 19.2. The molecule has 1 unspecified atom stereocenters. The minimum Gasteiger partial charge on any atom is -0.356 e. The molecule has 1 saturated heterocycles. The van der Waals surface area contributed by atoms with Gasteiger partial charge < -0.3 is 9.80 Å². The van der Waals surface area contributed by atoms with Gasteiger partial charge in [0.15, 0.2) is 0 Å². The summed E-state index contributed by atoms with van der Waals surface area (Å²) in [5, 5.41) is 0. The summed E-state index contributed by atoms with van der Waals surface area (Å²) < 4.78 is 0. The first-order valence-corrected chi connectivity index (χ1v) is 11.9. The fraction of sp³-hybridized carbons (Fsp3) is 0.423. The Labute approximate surface area is 194 Å². The summed E-state index contributed by atoms with van der Waals surface area (Å²) in [5.74, 6) is 2.09. The first-order valence-electron chi connectivity index (χ1n) is 11.9. The van der Waals surface area contributed by atoms with E-state index in [9.17, 15) is 4.79 Å². The minimum absolute atomic E-state index is 0.00744. The van der Waals surface area contributed by atoms with E-state index in [-0.39, 0.29) is 11.8 Å². The highest BCUT2D eigenvalue weighted by Gasteiger charge is 2.30. The summed E-state index contributed by atoms with van der Waals surface area (Å²) in [5.41, 5.74) is 3.95. The quantitative estimate of drug-likeness (QED) is 0.601. The molecule has 5 rings (SSSR count). The van der Waals surface area contributed by atoms with Crippen molar-refractivity contribution in [2.45, 2.75) is 44.9 Å². The van der Waals surface area contributed by atoms with Gasteiger partial charge in [-0.25, -0.2) is 9.97 Å². The number of fused-ring (bicyclic) bond motifs is 1. The Hall–Kier alpha value is -3.35. The summed E-state index contributed by atoms with van der Waals surface area (Å²) in [6.45, 7) is 5.40. The van der Waals surface area contributed by atoms with Gasteiger partial charge in [-0.2, -0.15) is 0 Å². The van der Waals surface area contributed by atoms with Crippen molar-refractivity contribution in [2.75, 3.05) is 31.1 Å². The van der Waals surface area contributed by atoms with E-state index in [1.807, 2.05) is 35.4 Å². The fourth-order valence-corrected chi connectivity index (χ4v) is 4.93. The molecule has 0 aromatic carbocycles. The van der Waals surface area contributed by atoms with E-state index in [0.29, 0.717) is 12.2 Å². The lowest BCUT2D eigenvalue weighted by Gasteiger charge is -2.34. The number of aryl methyl sites for hydroxylation is 1. The van der Waals surface area contributed by atoms with E-state index >= 15 is 0 Å². The van der Waals surface area contributed by atoms with Crippen LogP contribution >= 0.6 is 0 Å². The Bertz CT molecular complexity index is 1100. The van der Waals surface area contributed by atoms with Crippen LogP contribution in [0.15, 0.2) is 48.8 Å². The predicted octanol–water partition coefficient (Wildman–Crippen LogP) is 3.59. The van der Waals surface area contributed by atoms with Crippen molar-refractivity contribution < 1.29 is 4.79 Å². The van der Waals surface area contributed by atoms with Crippen molar-refractivity contribution in [3.05, 3.63) is 77.3 Å². The third-order valence-electron chi connectivity index (χ3n) is 6.69. The van der Waals surface area contributed by atoms with Crippen LogP contribution in [0.2, 0.25) is 0 Å². The Balaban J connectivity index is 1.35. The number of aromatic nitrogens is 4. The average Bonchev–Trinajstić information content (AvgIpc) is 2.88. The number of carbonyl (C=O) groups is 1. The first kappa shape index (κ1) is 21.5. The molecule has 33 heavy (non-hydrogen) atoms. The highest BCUT2D eigenvalue weighted by Crippen LogP contribution is 2.32. The second-order valence-corrected chi connectivity index (χ2v) is 8.94. The molecule has 1 atom stereocenters. The molecule has 1 fully saturated rings. The largest absolute Gasteiger partial charge is 0.356 e. The normalized spacial score (nSPS) is 18.2. The molecule has 7 heteroatoms. The van der Waals surface area contributed by atoms with Crippen LogP contribution < -0.4 is 4.90 Å². The van der Waals surface area contributed by atoms with Gasteiger partial charge in [-0.15, -0.1) is 0 Å². The maximum atomic E-state index is 13.0. The second kappa shape index (κ2) is 9.65. The van der Waals surface area contributed by atoms with Gasteiger partial charge in [-0.1, -0.05) is 12.1 Å². The van der Waals surface area contributed by atoms with Crippen molar-refractivity contribution in [2.24, 2.45) is 0 Å². The molecule has 3 aromatic heterocycles. The van der Waals surface area contributed by atoms with Gasteiger partial charge in [-0.05, 0) is 56.9 Å². The van der Waals surface area contributed by atoms with Crippen molar-refractivity contribution >= 4 is 11.7 Å². The zero-order valence-corrected chi connectivity index (χ0v) is 19.2. The van der Waals surface area contributed by atoms with Crippen molar-refractivity contribution in [1.82, 2.24) is 24.8 Å². The van der Waals surface area contributed by atoms with Crippen LogP contribution in [0.3, 0.4) is 0 Å². The fourth-order valence-electron chi connectivity index (χ4n) is 4.93. The molecular formula is C26H30N6O. The van der Waals surface area contributed by atoms with Gasteiger partial charge in [0, 0.05) is 67.9 Å². The maximum Gasteiger partial charge on any atom is 0.272 e. The molecule has 0 saturated carbocycles. The van der Waals surface area contributed by atoms with Gasteiger partial charge in [0.25, 0.3) is 5.91 Å². The van der Waals surface area contributed by atoms with E-state index in [4.69, 9.17) is 9.97 Å². The first-order chi connectivity index (χ1) is 16.2. The average molecular weight is 443 g/mol. The molecule has 0 aliphatic carbocycles. The summed E-state index contributed by atoms with van der Waals surface area (Å²) in [4.78, 5) is 36.0. The van der Waals surface area contributed by atoms with Crippen molar-refractivity contribution in [1.29, 1.82) is 0 Å². The number of piperidine rings is 1. The zero-order chi connectivity index (χ0) is 22.6. The molecular weight excluding hydrogens is 412 g/mol. The van der Waals surface area contributed by atoms with Crippen LogP contribution in [-0.2, 0) is 12.8 Å². The molecule has 0 bridgehead atoms. The molecule has 2 aliphatic heterocycles. The Morgan fingerprint density at radius 1 is 1.03 bits per heavy atom. The van der Waals surface area contributed by atoms with Crippen LogP contribution in [0.4, 0.5) is 5.82 Å². The van der Waals surface area contributed by atoms with Gasteiger partial charge in [0.05, 0.1) is 0 Å². The third-order valence-corrected chi connectivity index (χ3v) is 6.69. The van der Waals surface area contributed by atoms with Crippen molar-refractivity contribution in [3.8, 4) is 0 Å². The number of carbonyl (C=O) groups excluding carboxylic acids is 1. The van der Waals surface area contributed by atoms with Gasteiger partial charge in [0.2, 0.25) is 0 Å². The van der Waals surface area contributed by atoms with E-state index in [0.717, 1.165) is 74.8 Å². The monoisotopic (exact) mass is 442 g/mol. The maximum absolute atomic E-state index is 13.0. The number of likely N-dealkylation sites (tertiary alicyclic amines) is 1. The number of hydrogen-bond donors (Lipinski definition) is 0. The third kappa shape index (κ3) is 4.72. The van der Waals surface area contributed by atoms with E-state index in [1.54, 1.807) is 12.3 Å². The lowest BCUT2D eigenvalue weighted by Crippen LogP contribution is -2.40. The molecule has 0 N–H and O–H groups in total. The van der Waals surface area contributed by atoms with Crippen LogP contribution in [0.25, 0.3) is 0 Å². The summed E-state index contributed by atoms with van der Waals surface area (Å²) >= 11 is 0. The number of anilines is 1. The second-order valence-electron chi connectivity index (χ2n) is 8.94. The molecule has 0 spiro atoms. The van der Waals surface area contributed by atoms with Gasteiger partial charge in [0.1, 0.15) is 17.3 Å². The van der Waals surface area contributed by atoms with E-state index in [2.05, 4.69) is 27.9 Å². The number of hydrogen-bond acceptors (Lipinski definition) is 6. The SMILES string of the molecule is Cc1nc(C2CCCN(C(=O)c3ccccn3)C2)nc2c1CCCN2CCc1ccccn1. The Kier molecular flexibility index (Phi) is 6.28. The standard InChI is InChI=1S/C26H30N6O/c1-19-22-10-7-15-31(17-12-21-9-2-4-13-27-21)25(22)30-24(29-19)20-8-6-16-32(18-20)26(33)23-11-3-5-14-28-23/h2-5,9,11,13-14,20H,6-8,10,12,15-18H2,1H3. The lowest BCUT2D eigenvalue weighted by atomic mass is 9.95. The highest BCUT2D eigenvalue weighted by atomic mass is 16.2. The summed E-state index contributed by atoms with van der Waals surface area (Å²) in [6, 6.07) is 11.5. The Morgan fingerprint density at radius 3 is 2.67 bits per heavy atom. The van der Waals surface area contributed by atoms with Gasteiger partial charge in [-0.3, -0.25) is 14.8 Å². The minimum atomic E-state index is -0.00744. The van der Waals surface area contributed by atoms with Crippen LogP contribution in [-0.4, -0.2) is 56.9 Å². The smallest absolute Gasteiger partial charge is 0.272 e. The molecule has 7 nitrogen and oxygen atoms in total. The van der Waals surface area contributed by atoms with E-state index < -0.39 is 0 Å². The van der Waals surface area contributed by atoms with E-state index in [1.165, 1.54) is 5.56 Å². The number of rotatable bonds is 5. The Morgan fingerprint density at radius 2 is 1.88 bits per heavy atom. The molecule has 0 radical (unpaired) electrons. The van der Waals surface area contributed by atoms with Crippen LogP contribution in [0, 0.1) is 6.92 Å². The predicted molar refractivity (Wildman–Crippen MR) is 127 cm³/mol. The number of nitrogens with zero attached hydrogens (tertiary/aromatic N) is 6. The molecule has 3 aromatic rings. The molecule has 170 valence electrons. The van der Waals surface area contributed by atoms with Crippen LogP contribution in [0.5, 0.6) is 0 Å². The van der Waals surface area contributed by atoms with Crippen LogP contribution in [0.1, 0.15) is 58.4 Å². The molecule has 1 amide bonds. The summed E-state index contributed by atoms with van der Waals surface area (Å²) in [7, 11) is 0. The topological polar surface area (TPSA) is 75.1 Å². The summed E-state index contributed by atoms with van der Waals surface area (Å²) in [6.07, 6.45) is 8.51. The number of pyridine rings is 2. The van der Waals surface area contributed by atoms with Gasteiger partial charge >= 0.3 is 0 Å². The lowest BCUT2D eigenvalue weighted by molar-refractivity contribution is 0.0698. The molecule has 2 aliphatic rings. The number of amides is 1. The molecule has 5 heterocycles.